The van der Waals surface area contributed by atoms with Crippen LogP contribution in [-0.4, -0.2) is 50.3 Å². The third-order valence-electron chi connectivity index (χ3n) is 2.44. The SMILES string of the molecule is C.CC(C)C(=O)OCCCN1CCOCC1. The Morgan fingerprint density at radius 3 is 2.56 bits per heavy atom. The predicted octanol–water partition coefficient (Wildman–Crippen LogP) is 1.54. The summed E-state index contributed by atoms with van der Waals surface area (Å²) in [4.78, 5) is 13.5. The van der Waals surface area contributed by atoms with E-state index in [1.165, 1.54) is 0 Å². The molecular formula is C12H25NO3. The first-order chi connectivity index (χ1) is 7.20. The molecule has 0 atom stereocenters. The smallest absolute Gasteiger partial charge is 0.308 e. The molecule has 0 aromatic carbocycles. The lowest BCUT2D eigenvalue weighted by molar-refractivity contribution is -0.147. The second-order valence-corrected chi connectivity index (χ2v) is 4.13. The van der Waals surface area contributed by atoms with Crippen LogP contribution in [0, 0.1) is 5.92 Å². The Balaban J connectivity index is 0.00000225. The number of carbonyl (C=O) groups excluding carboxylic acids is 1. The maximum atomic E-state index is 11.1. The van der Waals surface area contributed by atoms with Gasteiger partial charge in [0.1, 0.15) is 0 Å². The summed E-state index contributed by atoms with van der Waals surface area (Å²) in [5.74, 6) is -0.120. The lowest BCUT2D eigenvalue weighted by Gasteiger charge is -2.26. The maximum absolute atomic E-state index is 11.1. The fourth-order valence-corrected chi connectivity index (χ4v) is 1.45. The lowest BCUT2D eigenvalue weighted by Crippen LogP contribution is -2.37. The Bertz CT molecular complexity index is 189. The largest absolute Gasteiger partial charge is 0.465 e. The number of ether oxygens (including phenoxy) is 2. The predicted molar refractivity (Wildman–Crippen MR) is 64.4 cm³/mol. The number of morpholine rings is 1. The van der Waals surface area contributed by atoms with Crippen LogP contribution >= 0.6 is 0 Å². The van der Waals surface area contributed by atoms with Gasteiger partial charge in [0, 0.05) is 19.6 Å². The van der Waals surface area contributed by atoms with Crippen molar-refractivity contribution in [2.45, 2.75) is 27.7 Å². The van der Waals surface area contributed by atoms with E-state index in [4.69, 9.17) is 9.47 Å². The molecular weight excluding hydrogens is 206 g/mol. The van der Waals surface area contributed by atoms with Crippen molar-refractivity contribution in [2.75, 3.05) is 39.5 Å². The molecule has 1 fully saturated rings. The number of carbonyl (C=O) groups is 1. The van der Waals surface area contributed by atoms with Gasteiger partial charge >= 0.3 is 5.97 Å². The molecule has 0 amide bonds. The van der Waals surface area contributed by atoms with Gasteiger partial charge in [0.05, 0.1) is 25.7 Å². The minimum atomic E-state index is -0.100. The summed E-state index contributed by atoms with van der Waals surface area (Å²) >= 11 is 0. The van der Waals surface area contributed by atoms with Gasteiger partial charge in [-0.1, -0.05) is 21.3 Å². The number of rotatable bonds is 5. The van der Waals surface area contributed by atoms with E-state index in [-0.39, 0.29) is 19.3 Å². The second kappa shape index (κ2) is 8.53. The molecule has 1 rings (SSSR count). The number of nitrogens with zero attached hydrogens (tertiary/aromatic N) is 1. The molecule has 4 nitrogen and oxygen atoms in total. The van der Waals surface area contributed by atoms with Crippen LogP contribution < -0.4 is 0 Å². The van der Waals surface area contributed by atoms with Crippen LogP contribution in [0.1, 0.15) is 27.7 Å². The summed E-state index contributed by atoms with van der Waals surface area (Å²) in [6.07, 6.45) is 0.915. The Kier molecular flexibility index (Phi) is 8.21. The lowest BCUT2D eigenvalue weighted by atomic mass is 10.2. The van der Waals surface area contributed by atoms with Gasteiger partial charge in [-0.2, -0.15) is 0 Å². The summed E-state index contributed by atoms with van der Waals surface area (Å²) in [6.45, 7) is 8.88. The van der Waals surface area contributed by atoms with E-state index < -0.39 is 0 Å². The van der Waals surface area contributed by atoms with E-state index in [2.05, 4.69) is 4.90 Å². The molecule has 0 bridgehead atoms. The normalized spacial score (nSPS) is 16.9. The molecule has 96 valence electrons. The fraction of sp³-hybridized carbons (Fsp3) is 0.917. The van der Waals surface area contributed by atoms with Gasteiger partial charge in [0.25, 0.3) is 0 Å². The summed E-state index contributed by atoms with van der Waals surface area (Å²) in [5.41, 5.74) is 0. The van der Waals surface area contributed by atoms with Crippen LogP contribution in [0.4, 0.5) is 0 Å². The fourth-order valence-electron chi connectivity index (χ4n) is 1.45. The molecule has 0 radical (unpaired) electrons. The van der Waals surface area contributed by atoms with Crippen LogP contribution in [0.5, 0.6) is 0 Å². The topological polar surface area (TPSA) is 38.8 Å². The molecule has 1 aliphatic rings. The molecule has 4 heteroatoms. The van der Waals surface area contributed by atoms with Gasteiger partial charge in [-0.25, -0.2) is 0 Å². The average Bonchev–Trinajstić information content (AvgIpc) is 2.25. The van der Waals surface area contributed by atoms with Gasteiger partial charge in [-0.05, 0) is 6.42 Å². The molecule has 0 aliphatic carbocycles. The number of hydrogen-bond acceptors (Lipinski definition) is 4. The van der Waals surface area contributed by atoms with Crippen LogP contribution in [-0.2, 0) is 14.3 Å². The average molecular weight is 231 g/mol. The van der Waals surface area contributed by atoms with Crippen molar-refractivity contribution in [1.29, 1.82) is 0 Å². The van der Waals surface area contributed by atoms with E-state index in [1.807, 2.05) is 13.8 Å². The van der Waals surface area contributed by atoms with E-state index in [0.717, 1.165) is 39.3 Å². The van der Waals surface area contributed by atoms with E-state index >= 15 is 0 Å². The molecule has 1 heterocycles. The highest BCUT2D eigenvalue weighted by atomic mass is 16.5. The van der Waals surface area contributed by atoms with E-state index in [0.29, 0.717) is 6.61 Å². The van der Waals surface area contributed by atoms with Crippen LogP contribution in [0.15, 0.2) is 0 Å². The van der Waals surface area contributed by atoms with Gasteiger partial charge in [-0.15, -0.1) is 0 Å². The molecule has 0 spiro atoms. The van der Waals surface area contributed by atoms with Crippen molar-refractivity contribution in [2.24, 2.45) is 5.92 Å². The first kappa shape index (κ1) is 15.4. The Morgan fingerprint density at radius 1 is 1.38 bits per heavy atom. The highest BCUT2D eigenvalue weighted by molar-refractivity contribution is 5.71. The third kappa shape index (κ3) is 6.08. The highest BCUT2D eigenvalue weighted by Gasteiger charge is 2.11. The van der Waals surface area contributed by atoms with Crippen molar-refractivity contribution >= 4 is 5.97 Å². The second-order valence-electron chi connectivity index (χ2n) is 4.13. The minimum Gasteiger partial charge on any atom is -0.465 e. The zero-order chi connectivity index (χ0) is 11.1. The third-order valence-corrected chi connectivity index (χ3v) is 2.44. The Labute approximate surface area is 98.9 Å². The molecule has 0 unspecified atom stereocenters. The monoisotopic (exact) mass is 231 g/mol. The zero-order valence-electron chi connectivity index (χ0n) is 9.70. The first-order valence-corrected chi connectivity index (χ1v) is 5.67. The van der Waals surface area contributed by atoms with Gasteiger partial charge < -0.3 is 9.47 Å². The summed E-state index contributed by atoms with van der Waals surface area (Å²) in [5, 5.41) is 0. The van der Waals surface area contributed by atoms with Gasteiger partial charge in [-0.3, -0.25) is 9.69 Å². The molecule has 0 aromatic rings. The van der Waals surface area contributed by atoms with Crippen molar-refractivity contribution in [1.82, 2.24) is 4.90 Å². The van der Waals surface area contributed by atoms with E-state index in [1.54, 1.807) is 0 Å². The quantitative estimate of drug-likeness (QED) is 0.531. The van der Waals surface area contributed by atoms with E-state index in [9.17, 15) is 4.79 Å². The zero-order valence-corrected chi connectivity index (χ0v) is 9.70. The molecule has 0 N–H and O–H groups in total. The van der Waals surface area contributed by atoms with Crippen LogP contribution in [0.2, 0.25) is 0 Å². The van der Waals surface area contributed by atoms with Crippen molar-refractivity contribution in [3.63, 3.8) is 0 Å². The first-order valence-electron chi connectivity index (χ1n) is 5.67. The van der Waals surface area contributed by atoms with Crippen molar-refractivity contribution in [3.8, 4) is 0 Å². The van der Waals surface area contributed by atoms with Gasteiger partial charge in [0.2, 0.25) is 0 Å². The Morgan fingerprint density at radius 2 is 2.00 bits per heavy atom. The standard InChI is InChI=1S/C11H21NO3.CH4/c1-10(2)11(13)15-7-3-4-12-5-8-14-9-6-12;/h10H,3-9H2,1-2H3;1H4. The van der Waals surface area contributed by atoms with Crippen LogP contribution in [0.3, 0.4) is 0 Å². The number of hydrogen-bond donors (Lipinski definition) is 0. The highest BCUT2D eigenvalue weighted by Crippen LogP contribution is 2.00. The molecule has 1 aliphatic heterocycles. The van der Waals surface area contributed by atoms with Crippen molar-refractivity contribution in [3.05, 3.63) is 0 Å². The maximum Gasteiger partial charge on any atom is 0.308 e. The summed E-state index contributed by atoms with van der Waals surface area (Å²) in [6, 6.07) is 0. The van der Waals surface area contributed by atoms with Crippen molar-refractivity contribution < 1.29 is 14.3 Å². The van der Waals surface area contributed by atoms with Crippen LogP contribution in [0.25, 0.3) is 0 Å². The molecule has 0 aromatic heterocycles. The number of esters is 1. The summed E-state index contributed by atoms with van der Waals surface area (Å²) < 4.78 is 10.3. The molecule has 0 saturated carbocycles. The van der Waals surface area contributed by atoms with Gasteiger partial charge in [0.15, 0.2) is 0 Å². The minimum absolute atomic E-state index is 0. The molecule has 16 heavy (non-hydrogen) atoms. The molecule has 1 saturated heterocycles. The Hall–Kier alpha value is -0.610. The summed E-state index contributed by atoms with van der Waals surface area (Å²) in [7, 11) is 0.